The van der Waals surface area contributed by atoms with Gasteiger partial charge in [-0.3, -0.25) is 4.57 Å². The van der Waals surface area contributed by atoms with Crippen LogP contribution in [0.1, 0.15) is 41.5 Å². The Bertz CT molecular complexity index is 267. The predicted molar refractivity (Wildman–Crippen MR) is 84.2 cm³/mol. The van der Waals surface area contributed by atoms with E-state index in [1.807, 2.05) is 41.5 Å². The molecule has 0 heterocycles. The number of hydrogen-bond donors (Lipinski definition) is 0. The van der Waals surface area contributed by atoms with Gasteiger partial charge in [0.15, 0.2) is 0 Å². The molecule has 0 aliphatic heterocycles. The van der Waals surface area contributed by atoms with Gasteiger partial charge in [-0.15, -0.1) is 0 Å². The molecule has 4 nitrogen and oxygen atoms in total. The first-order valence-electron chi connectivity index (χ1n) is 7.50. The van der Waals surface area contributed by atoms with Crippen LogP contribution in [0.4, 0.5) is 0 Å². The first kappa shape index (κ1) is 23.4. The van der Waals surface area contributed by atoms with Crippen LogP contribution in [0.5, 0.6) is 0 Å². The third kappa shape index (κ3) is 6.50. The van der Waals surface area contributed by atoms with Crippen molar-refractivity contribution in [3.8, 4) is 0 Å². The van der Waals surface area contributed by atoms with Gasteiger partial charge >= 0.3 is 18.9 Å². The summed E-state index contributed by atoms with van der Waals surface area (Å²) in [6.45, 7) is 12.1. The Labute approximate surface area is 139 Å². The van der Waals surface area contributed by atoms with Gasteiger partial charge in [0.1, 0.15) is 0 Å². The number of hydrogen-bond acceptors (Lipinski definition) is 4. The SMILES string of the molecule is CC[Si](CC)(CC)OP(=O)([O-])O[Si](CC)(CC)CC.[Li+]. The second-order valence-corrected chi connectivity index (χ2v) is 16.4. The van der Waals surface area contributed by atoms with Crippen molar-refractivity contribution in [1.29, 1.82) is 0 Å². The van der Waals surface area contributed by atoms with Crippen LogP contribution in [0.2, 0.25) is 36.3 Å². The molecule has 0 bridgehead atoms. The van der Waals surface area contributed by atoms with Crippen molar-refractivity contribution < 1.29 is 36.7 Å². The molecule has 0 radical (unpaired) electrons. The summed E-state index contributed by atoms with van der Waals surface area (Å²) in [6.07, 6.45) is 0. The van der Waals surface area contributed by atoms with E-state index in [9.17, 15) is 9.46 Å². The Balaban J connectivity index is 0. The minimum atomic E-state index is -4.16. The fourth-order valence-corrected chi connectivity index (χ4v) is 12.8. The van der Waals surface area contributed by atoms with Crippen molar-refractivity contribution in [2.45, 2.75) is 77.8 Å². The van der Waals surface area contributed by atoms with Gasteiger partial charge in [-0.25, -0.2) is 0 Å². The Morgan fingerprint density at radius 1 is 0.750 bits per heavy atom. The maximum absolute atomic E-state index is 12.3. The Hall–Kier alpha value is 1.14. The van der Waals surface area contributed by atoms with E-state index in [-0.39, 0.29) is 18.9 Å². The average Bonchev–Trinajstić information content (AvgIpc) is 2.42. The van der Waals surface area contributed by atoms with Gasteiger partial charge in [0, 0.05) is 0 Å². The van der Waals surface area contributed by atoms with Crippen LogP contribution < -0.4 is 23.8 Å². The second kappa shape index (κ2) is 10.0. The van der Waals surface area contributed by atoms with Gasteiger partial charge < -0.3 is 13.3 Å². The Morgan fingerprint density at radius 2 is 0.950 bits per heavy atom. The summed E-state index contributed by atoms with van der Waals surface area (Å²) in [5.41, 5.74) is 0. The maximum atomic E-state index is 12.3. The average molecular weight is 332 g/mol. The Kier molecular flexibility index (Phi) is 11.7. The summed E-state index contributed by atoms with van der Waals surface area (Å²) in [4.78, 5) is 12.3. The molecule has 0 aromatic carbocycles. The molecule has 0 aromatic rings. The molecule has 0 atom stereocenters. The third-order valence-corrected chi connectivity index (χ3v) is 17.1. The standard InChI is InChI=1S/C12H31O4PSi2.Li/c1-7-18(8-2,9-3)15-17(13,14)16-19(10-4,11-5)12-6;/h7-12H2,1-6H3,(H,13,14);/q;+1/p-1. The van der Waals surface area contributed by atoms with Gasteiger partial charge in [0.2, 0.25) is 24.5 Å². The zero-order chi connectivity index (χ0) is 15.2. The minimum Gasteiger partial charge on any atom is -0.757 e. The topological polar surface area (TPSA) is 58.6 Å². The number of rotatable bonds is 10. The van der Waals surface area contributed by atoms with E-state index < -0.39 is 24.5 Å². The van der Waals surface area contributed by atoms with E-state index in [0.29, 0.717) is 0 Å². The van der Waals surface area contributed by atoms with Crippen LogP contribution in [-0.2, 0) is 13.0 Å². The van der Waals surface area contributed by atoms with Gasteiger partial charge in [-0.1, -0.05) is 41.5 Å². The van der Waals surface area contributed by atoms with Crippen molar-refractivity contribution in [1.82, 2.24) is 0 Å². The molecule has 8 heteroatoms. The van der Waals surface area contributed by atoms with Crippen molar-refractivity contribution >= 4 is 24.5 Å². The van der Waals surface area contributed by atoms with E-state index in [1.54, 1.807) is 0 Å². The molecule has 0 unspecified atom stereocenters. The first-order valence-corrected chi connectivity index (χ1v) is 14.0. The maximum Gasteiger partial charge on any atom is 1.00 e. The summed E-state index contributed by atoms with van der Waals surface area (Å²) in [6, 6.07) is 4.88. The van der Waals surface area contributed by atoms with Crippen molar-refractivity contribution in [2.24, 2.45) is 0 Å². The van der Waals surface area contributed by atoms with Crippen LogP contribution in [0.15, 0.2) is 0 Å². The van der Waals surface area contributed by atoms with Crippen LogP contribution in [0.25, 0.3) is 0 Å². The zero-order valence-corrected chi connectivity index (χ0v) is 17.2. The smallest absolute Gasteiger partial charge is 0.757 e. The molecular formula is C12H30LiO4PSi2. The molecular weight excluding hydrogens is 302 g/mol. The fourth-order valence-electron chi connectivity index (χ4n) is 2.38. The normalized spacial score (nSPS) is 13.2. The molecule has 0 aliphatic carbocycles. The molecule has 0 fully saturated rings. The molecule has 0 saturated carbocycles. The van der Waals surface area contributed by atoms with E-state index in [4.69, 9.17) is 8.43 Å². The predicted octanol–water partition coefficient (Wildman–Crippen LogP) is 1.50. The van der Waals surface area contributed by atoms with Crippen LogP contribution in [0, 0.1) is 0 Å². The summed E-state index contributed by atoms with van der Waals surface area (Å²) in [5, 5.41) is 0. The van der Waals surface area contributed by atoms with Crippen molar-refractivity contribution in [3.63, 3.8) is 0 Å². The zero-order valence-electron chi connectivity index (χ0n) is 14.3. The summed E-state index contributed by atoms with van der Waals surface area (Å²) in [5.74, 6) is 0. The van der Waals surface area contributed by atoms with Gasteiger partial charge in [-0.2, -0.15) is 0 Å². The summed E-state index contributed by atoms with van der Waals surface area (Å²) in [7, 11) is -8.50. The van der Waals surface area contributed by atoms with E-state index in [0.717, 1.165) is 36.3 Å². The fraction of sp³-hybridized carbons (Fsp3) is 1.00. The summed E-state index contributed by atoms with van der Waals surface area (Å²) >= 11 is 0. The molecule has 0 spiro atoms. The van der Waals surface area contributed by atoms with E-state index in [2.05, 4.69) is 0 Å². The quantitative estimate of drug-likeness (QED) is 0.449. The van der Waals surface area contributed by atoms with Crippen molar-refractivity contribution in [2.75, 3.05) is 0 Å². The van der Waals surface area contributed by atoms with Crippen LogP contribution >= 0.6 is 7.82 Å². The van der Waals surface area contributed by atoms with Crippen LogP contribution in [0.3, 0.4) is 0 Å². The van der Waals surface area contributed by atoms with Gasteiger partial charge in [-0.05, 0) is 36.3 Å². The van der Waals surface area contributed by atoms with Crippen molar-refractivity contribution in [3.05, 3.63) is 0 Å². The van der Waals surface area contributed by atoms with E-state index >= 15 is 0 Å². The molecule has 0 amide bonds. The first-order chi connectivity index (χ1) is 8.78. The molecule has 0 aliphatic rings. The van der Waals surface area contributed by atoms with E-state index in [1.165, 1.54) is 0 Å². The third-order valence-electron chi connectivity index (χ3n) is 4.48. The molecule has 0 rings (SSSR count). The molecule has 0 saturated heterocycles. The number of phosphoric acid groups is 1. The largest absolute Gasteiger partial charge is 1.00 e. The Morgan fingerprint density at radius 3 is 1.10 bits per heavy atom. The molecule has 0 N–H and O–H groups in total. The molecule has 0 aromatic heterocycles. The second-order valence-electron chi connectivity index (χ2n) is 5.12. The van der Waals surface area contributed by atoms with Gasteiger partial charge in [0.05, 0.1) is 0 Å². The molecule has 20 heavy (non-hydrogen) atoms. The summed E-state index contributed by atoms with van der Waals surface area (Å²) < 4.78 is 23.4. The monoisotopic (exact) mass is 332 g/mol. The molecule has 116 valence electrons. The van der Waals surface area contributed by atoms with Crippen LogP contribution in [-0.4, -0.2) is 16.6 Å². The minimum absolute atomic E-state index is 0. The van der Waals surface area contributed by atoms with Gasteiger partial charge in [0.25, 0.3) is 0 Å².